The Bertz CT molecular complexity index is 1530. The molecule has 0 bridgehead atoms. The van der Waals surface area contributed by atoms with Gasteiger partial charge in [-0.25, -0.2) is 14.2 Å². The summed E-state index contributed by atoms with van der Waals surface area (Å²) < 4.78 is 35.4. The van der Waals surface area contributed by atoms with Gasteiger partial charge in [0.15, 0.2) is 17.4 Å². The molecule has 0 radical (unpaired) electrons. The molecule has 1 aromatic carbocycles. The summed E-state index contributed by atoms with van der Waals surface area (Å²) in [5, 5.41) is 21.9. The van der Waals surface area contributed by atoms with Crippen molar-refractivity contribution in [3.8, 4) is 17.0 Å². The first-order valence-electron chi connectivity index (χ1n) is 13.4. The molecule has 4 heterocycles. The number of hydrogen-bond donors (Lipinski definition) is 2. The smallest absolute Gasteiger partial charge is 0.410 e. The number of fused-ring (bicyclic) bond motifs is 1. The van der Waals surface area contributed by atoms with Crippen molar-refractivity contribution in [3.63, 3.8) is 0 Å². The van der Waals surface area contributed by atoms with Gasteiger partial charge in [-0.2, -0.15) is 10.2 Å². The van der Waals surface area contributed by atoms with Gasteiger partial charge in [-0.15, -0.1) is 0 Å². The average Bonchev–Trinajstić information content (AvgIpc) is 3.62. The summed E-state index contributed by atoms with van der Waals surface area (Å²) >= 11 is 0. The Hall–Kier alpha value is -4.03. The molecule has 1 unspecified atom stereocenters. The molecule has 3 aromatic heterocycles. The Labute approximate surface area is 229 Å². The number of nitrogens with zero attached hydrogens (tertiary/aromatic N) is 5. The van der Waals surface area contributed by atoms with Crippen LogP contribution in [0.1, 0.15) is 45.6 Å². The van der Waals surface area contributed by atoms with E-state index < -0.39 is 11.9 Å². The quantitative estimate of drug-likeness (QED) is 0.320. The summed E-state index contributed by atoms with van der Waals surface area (Å²) in [5.74, 6) is -0.485. The zero-order chi connectivity index (χ0) is 27.9. The lowest BCUT2D eigenvalue weighted by atomic mass is 9.93. The lowest BCUT2D eigenvalue weighted by Crippen LogP contribution is -2.26. The number of rotatable bonds is 7. The molecular weight excluding hydrogens is 519 g/mol. The van der Waals surface area contributed by atoms with Crippen LogP contribution in [-0.4, -0.2) is 60.3 Å². The first kappa shape index (κ1) is 26.2. The van der Waals surface area contributed by atoms with Gasteiger partial charge >= 0.3 is 6.09 Å². The second-order valence-electron chi connectivity index (χ2n) is 10.7. The van der Waals surface area contributed by atoms with E-state index in [1.165, 1.54) is 6.07 Å². The lowest BCUT2D eigenvalue weighted by molar-refractivity contribution is -0.139. The molecular formula is C28H31FN6O5. The van der Waals surface area contributed by atoms with Crippen molar-refractivity contribution in [2.45, 2.75) is 70.1 Å². The Morgan fingerprint density at radius 2 is 2.02 bits per heavy atom. The largest absolute Gasteiger partial charge is 0.487 e. The first-order chi connectivity index (χ1) is 19.2. The van der Waals surface area contributed by atoms with Crippen LogP contribution >= 0.6 is 0 Å². The molecule has 11 nitrogen and oxygen atoms in total. The van der Waals surface area contributed by atoms with Gasteiger partial charge in [-0.3, -0.25) is 14.7 Å². The van der Waals surface area contributed by atoms with Gasteiger partial charge in [0.25, 0.3) is 0 Å². The van der Waals surface area contributed by atoms with E-state index in [1.807, 2.05) is 29.4 Å². The van der Waals surface area contributed by atoms with Crippen LogP contribution in [0.15, 0.2) is 48.9 Å². The number of amides is 1. The van der Waals surface area contributed by atoms with Gasteiger partial charge in [-0.1, -0.05) is 12.1 Å². The predicted octanol–water partition coefficient (Wildman–Crippen LogP) is 5.24. The van der Waals surface area contributed by atoms with Crippen LogP contribution in [0, 0.1) is 5.82 Å². The van der Waals surface area contributed by atoms with Gasteiger partial charge in [0.05, 0.1) is 37.0 Å². The Balaban J connectivity index is 1.25. The second-order valence-corrected chi connectivity index (χ2v) is 10.7. The van der Waals surface area contributed by atoms with Crippen molar-refractivity contribution >= 4 is 22.8 Å². The summed E-state index contributed by atoms with van der Waals surface area (Å²) in [6, 6.07) is 8.20. The van der Waals surface area contributed by atoms with Crippen molar-refractivity contribution in [3.05, 3.63) is 54.7 Å². The van der Waals surface area contributed by atoms with E-state index in [2.05, 4.69) is 15.4 Å². The Kier molecular flexibility index (Phi) is 6.88. The molecule has 12 heteroatoms. The highest BCUT2D eigenvalue weighted by Crippen LogP contribution is 2.37. The van der Waals surface area contributed by atoms with Crippen molar-refractivity contribution < 1.29 is 28.5 Å². The van der Waals surface area contributed by atoms with Gasteiger partial charge in [-0.05, 0) is 51.7 Å². The van der Waals surface area contributed by atoms with E-state index in [9.17, 15) is 14.3 Å². The number of aromatic nitrogens is 5. The normalized spacial score (nSPS) is 22.4. The fourth-order valence-electron chi connectivity index (χ4n) is 5.48. The molecule has 210 valence electrons. The van der Waals surface area contributed by atoms with E-state index in [0.717, 1.165) is 42.1 Å². The maximum Gasteiger partial charge on any atom is 0.410 e. The maximum atomic E-state index is 14.1. The molecule has 1 amide bonds. The molecule has 40 heavy (non-hydrogen) atoms. The molecule has 1 saturated carbocycles. The van der Waals surface area contributed by atoms with Gasteiger partial charge in [0.1, 0.15) is 17.6 Å². The molecule has 2 fully saturated rings. The highest BCUT2D eigenvalue weighted by atomic mass is 19.1. The van der Waals surface area contributed by atoms with Crippen molar-refractivity contribution in [1.29, 1.82) is 0 Å². The number of nitrogens with one attached hydrogen (secondary N) is 1. The fraction of sp³-hybridized carbons (Fsp3) is 0.429. The summed E-state index contributed by atoms with van der Waals surface area (Å²) in [7, 11) is 0. The van der Waals surface area contributed by atoms with Gasteiger partial charge in [0, 0.05) is 29.4 Å². The summed E-state index contributed by atoms with van der Waals surface area (Å²) in [4.78, 5) is 15.6. The minimum atomic E-state index is -1.19. The van der Waals surface area contributed by atoms with Crippen LogP contribution in [0.25, 0.3) is 22.2 Å². The minimum Gasteiger partial charge on any atom is -0.487 e. The number of ether oxygens (including phenoxy) is 3. The van der Waals surface area contributed by atoms with E-state index in [-0.39, 0.29) is 35.6 Å². The number of anilines is 1. The number of carboxylic acid groups (broad SMARTS) is 1. The molecule has 6 rings (SSSR count). The fourth-order valence-corrected chi connectivity index (χ4v) is 5.48. The van der Waals surface area contributed by atoms with E-state index >= 15 is 0 Å². The highest BCUT2D eigenvalue weighted by Gasteiger charge is 2.33. The number of para-hydroxylation sites is 1. The summed E-state index contributed by atoms with van der Waals surface area (Å²) in [5.41, 5.74) is 2.30. The topological polar surface area (TPSA) is 126 Å². The maximum absolute atomic E-state index is 14.1. The van der Waals surface area contributed by atoms with Gasteiger partial charge in [0.2, 0.25) is 0 Å². The van der Waals surface area contributed by atoms with Crippen LogP contribution in [0.2, 0.25) is 0 Å². The monoisotopic (exact) mass is 550 g/mol. The molecule has 0 spiro atoms. The summed E-state index contributed by atoms with van der Waals surface area (Å²) in [6.07, 6.45) is 6.94. The SMILES string of the molecule is CC1(C)OCC(Cn2cc(-c3nn(C4CCC(Oc5ccccc5F)CC4)c4cc(NC(=O)O)ncc34)cn2)O1. The highest BCUT2D eigenvalue weighted by molar-refractivity contribution is 5.95. The molecule has 1 aliphatic carbocycles. The van der Waals surface area contributed by atoms with Crippen LogP contribution < -0.4 is 10.1 Å². The van der Waals surface area contributed by atoms with E-state index in [4.69, 9.17) is 19.3 Å². The number of hydrogen-bond acceptors (Lipinski definition) is 7. The minimum absolute atomic E-state index is 0.0538. The number of carbonyl (C=O) groups is 1. The molecule has 4 aromatic rings. The molecule has 1 saturated heterocycles. The van der Waals surface area contributed by atoms with Crippen LogP contribution in [-0.2, 0) is 16.0 Å². The third-order valence-corrected chi connectivity index (χ3v) is 7.31. The van der Waals surface area contributed by atoms with Crippen LogP contribution in [0.5, 0.6) is 5.75 Å². The van der Waals surface area contributed by atoms with Crippen LogP contribution in [0.4, 0.5) is 15.0 Å². The van der Waals surface area contributed by atoms with Gasteiger partial charge < -0.3 is 19.3 Å². The molecule has 2 N–H and O–H groups in total. The standard InChI is InChI=1S/C28H31FN6O5/c1-28(2)38-16-20(40-28)15-34-14-17(12-31-34)26-21-13-30-25(32-27(36)37)11-23(21)35(33-26)18-7-9-19(10-8-18)39-24-6-4-3-5-22(24)29/h3-6,11-14,18-20H,7-10,15-16H2,1-2H3,(H,30,32)(H,36,37). The predicted molar refractivity (Wildman–Crippen MR) is 144 cm³/mol. The molecule has 1 aliphatic heterocycles. The number of pyridine rings is 1. The zero-order valence-electron chi connectivity index (χ0n) is 22.3. The second kappa shape index (κ2) is 10.5. The summed E-state index contributed by atoms with van der Waals surface area (Å²) in [6.45, 7) is 4.81. The van der Waals surface area contributed by atoms with Crippen LogP contribution in [0.3, 0.4) is 0 Å². The average molecular weight is 551 g/mol. The first-order valence-corrected chi connectivity index (χ1v) is 13.4. The Morgan fingerprint density at radius 3 is 2.75 bits per heavy atom. The third kappa shape index (κ3) is 5.50. The van der Waals surface area contributed by atoms with E-state index in [1.54, 1.807) is 36.7 Å². The van der Waals surface area contributed by atoms with E-state index in [0.29, 0.717) is 18.8 Å². The number of benzene rings is 1. The zero-order valence-corrected chi connectivity index (χ0v) is 22.3. The third-order valence-electron chi connectivity index (χ3n) is 7.31. The lowest BCUT2D eigenvalue weighted by Gasteiger charge is -2.29. The Morgan fingerprint density at radius 1 is 1.23 bits per heavy atom. The number of halogens is 1. The van der Waals surface area contributed by atoms with Crippen molar-refractivity contribution in [2.24, 2.45) is 0 Å². The molecule has 2 aliphatic rings. The van der Waals surface area contributed by atoms with Crippen molar-refractivity contribution in [2.75, 3.05) is 11.9 Å². The van der Waals surface area contributed by atoms with Crippen molar-refractivity contribution in [1.82, 2.24) is 24.5 Å². The molecule has 1 atom stereocenters.